The van der Waals surface area contributed by atoms with Crippen molar-refractivity contribution in [1.82, 2.24) is 4.98 Å². The molecule has 1 N–H and O–H groups in total. The van der Waals surface area contributed by atoms with Gasteiger partial charge in [-0.25, -0.2) is 4.39 Å². The summed E-state index contributed by atoms with van der Waals surface area (Å²) in [5.74, 6) is -0.0828. The van der Waals surface area contributed by atoms with Gasteiger partial charge in [0.25, 0.3) is 0 Å². The second kappa shape index (κ2) is 4.65. The largest absolute Gasteiger partial charge is 0.377 e. The zero-order valence-corrected chi connectivity index (χ0v) is 11.2. The molecule has 1 atom stereocenters. The number of aromatic nitrogens is 1. The first kappa shape index (κ1) is 12.2. The molecule has 1 heterocycles. The van der Waals surface area contributed by atoms with Crippen molar-refractivity contribution in [2.45, 2.75) is 32.7 Å². The lowest BCUT2D eigenvalue weighted by atomic mass is 10.1. The fourth-order valence-electron chi connectivity index (χ4n) is 2.79. The standard InChI is InChI=1S/C16H17FN2/c1-10-6-8-15(11(2)18-10)19-16-9-7-12-13(16)4-3-5-14(12)17/h3-6,8,16,19H,7,9H2,1-2H3. The number of anilines is 1. The summed E-state index contributed by atoms with van der Waals surface area (Å²) in [6.45, 7) is 3.98. The van der Waals surface area contributed by atoms with E-state index in [9.17, 15) is 4.39 Å². The molecule has 1 unspecified atom stereocenters. The third kappa shape index (κ3) is 2.21. The second-order valence-corrected chi connectivity index (χ2v) is 5.13. The Hall–Kier alpha value is -1.90. The van der Waals surface area contributed by atoms with Crippen molar-refractivity contribution in [3.05, 3.63) is 58.7 Å². The summed E-state index contributed by atoms with van der Waals surface area (Å²) in [6, 6.07) is 9.58. The number of halogens is 1. The van der Waals surface area contributed by atoms with Crippen LogP contribution in [-0.2, 0) is 6.42 Å². The van der Waals surface area contributed by atoms with Crippen LogP contribution in [0.3, 0.4) is 0 Å². The minimum Gasteiger partial charge on any atom is -0.377 e. The van der Waals surface area contributed by atoms with Crippen LogP contribution in [0.1, 0.15) is 35.0 Å². The molecular weight excluding hydrogens is 239 g/mol. The van der Waals surface area contributed by atoms with Gasteiger partial charge < -0.3 is 5.32 Å². The lowest BCUT2D eigenvalue weighted by molar-refractivity contribution is 0.612. The van der Waals surface area contributed by atoms with E-state index in [-0.39, 0.29) is 11.9 Å². The average Bonchev–Trinajstić information content (AvgIpc) is 2.78. The lowest BCUT2D eigenvalue weighted by Gasteiger charge is -2.17. The van der Waals surface area contributed by atoms with Gasteiger partial charge in [0.1, 0.15) is 5.82 Å². The molecule has 98 valence electrons. The maximum atomic E-state index is 13.7. The molecule has 2 nitrogen and oxygen atoms in total. The van der Waals surface area contributed by atoms with Crippen LogP contribution in [0.4, 0.5) is 10.1 Å². The molecule has 2 aromatic rings. The topological polar surface area (TPSA) is 24.9 Å². The summed E-state index contributed by atoms with van der Waals surface area (Å²) in [5, 5.41) is 3.49. The number of hydrogen-bond donors (Lipinski definition) is 1. The Morgan fingerprint density at radius 1 is 1.21 bits per heavy atom. The van der Waals surface area contributed by atoms with E-state index in [2.05, 4.69) is 16.4 Å². The zero-order valence-electron chi connectivity index (χ0n) is 11.2. The van der Waals surface area contributed by atoms with Crippen LogP contribution in [0.2, 0.25) is 0 Å². The Morgan fingerprint density at radius 2 is 2.05 bits per heavy atom. The molecule has 19 heavy (non-hydrogen) atoms. The molecule has 0 aliphatic heterocycles. The molecule has 0 saturated heterocycles. The molecule has 3 rings (SSSR count). The van der Waals surface area contributed by atoms with Gasteiger partial charge in [0.05, 0.1) is 17.4 Å². The van der Waals surface area contributed by atoms with Crippen LogP contribution in [0.5, 0.6) is 0 Å². The van der Waals surface area contributed by atoms with Gasteiger partial charge in [-0.15, -0.1) is 0 Å². The number of aryl methyl sites for hydroxylation is 2. The Kier molecular flexibility index (Phi) is 2.97. The number of rotatable bonds is 2. The molecule has 0 radical (unpaired) electrons. The molecule has 0 spiro atoms. The van der Waals surface area contributed by atoms with Crippen LogP contribution in [0.15, 0.2) is 30.3 Å². The van der Waals surface area contributed by atoms with Crippen molar-refractivity contribution in [2.75, 3.05) is 5.32 Å². The van der Waals surface area contributed by atoms with E-state index in [1.807, 2.05) is 26.0 Å². The number of benzene rings is 1. The van der Waals surface area contributed by atoms with Crippen molar-refractivity contribution < 1.29 is 4.39 Å². The fourth-order valence-corrected chi connectivity index (χ4v) is 2.79. The first-order chi connectivity index (χ1) is 9.15. The van der Waals surface area contributed by atoms with Gasteiger partial charge in [-0.2, -0.15) is 0 Å². The summed E-state index contributed by atoms with van der Waals surface area (Å²) >= 11 is 0. The smallest absolute Gasteiger partial charge is 0.126 e. The molecule has 0 fully saturated rings. The third-order valence-electron chi connectivity index (χ3n) is 3.77. The third-order valence-corrected chi connectivity index (χ3v) is 3.77. The van der Waals surface area contributed by atoms with Gasteiger partial charge in [0.15, 0.2) is 0 Å². The van der Waals surface area contributed by atoms with E-state index < -0.39 is 0 Å². The van der Waals surface area contributed by atoms with Crippen molar-refractivity contribution >= 4 is 5.69 Å². The Bertz CT molecular complexity index is 622. The van der Waals surface area contributed by atoms with Crippen LogP contribution in [0, 0.1) is 19.7 Å². The first-order valence-corrected chi connectivity index (χ1v) is 6.63. The van der Waals surface area contributed by atoms with Gasteiger partial charge in [0.2, 0.25) is 0 Å². The predicted octanol–water partition coefficient (Wildman–Crippen LogP) is 3.94. The summed E-state index contributed by atoms with van der Waals surface area (Å²) in [7, 11) is 0. The van der Waals surface area contributed by atoms with E-state index in [4.69, 9.17) is 0 Å². The molecule has 1 aliphatic carbocycles. The SMILES string of the molecule is Cc1ccc(NC2CCc3c(F)cccc32)c(C)n1. The van der Waals surface area contributed by atoms with Crippen molar-refractivity contribution in [1.29, 1.82) is 0 Å². The molecule has 1 aromatic heterocycles. The summed E-state index contributed by atoms with van der Waals surface area (Å²) < 4.78 is 13.7. The number of fused-ring (bicyclic) bond motifs is 1. The van der Waals surface area contributed by atoms with E-state index in [0.29, 0.717) is 0 Å². The monoisotopic (exact) mass is 256 g/mol. The van der Waals surface area contributed by atoms with Crippen LogP contribution in [-0.4, -0.2) is 4.98 Å². The van der Waals surface area contributed by atoms with Crippen LogP contribution >= 0.6 is 0 Å². The highest BCUT2D eigenvalue weighted by Crippen LogP contribution is 2.35. The Morgan fingerprint density at radius 3 is 2.84 bits per heavy atom. The highest BCUT2D eigenvalue weighted by molar-refractivity contribution is 5.51. The van der Waals surface area contributed by atoms with Gasteiger partial charge in [-0.1, -0.05) is 12.1 Å². The molecule has 3 heteroatoms. The summed E-state index contributed by atoms with van der Waals surface area (Å²) in [4.78, 5) is 4.45. The van der Waals surface area contributed by atoms with Crippen molar-refractivity contribution in [3.8, 4) is 0 Å². The molecule has 0 amide bonds. The van der Waals surface area contributed by atoms with Crippen molar-refractivity contribution in [3.63, 3.8) is 0 Å². The molecular formula is C16H17FN2. The van der Waals surface area contributed by atoms with E-state index >= 15 is 0 Å². The molecule has 1 aromatic carbocycles. The number of nitrogens with zero attached hydrogens (tertiary/aromatic N) is 1. The summed E-state index contributed by atoms with van der Waals surface area (Å²) in [5.41, 5.74) is 4.98. The van der Waals surface area contributed by atoms with Crippen LogP contribution in [0.25, 0.3) is 0 Å². The Balaban J connectivity index is 1.89. The Labute approximate surface area is 112 Å². The highest BCUT2D eigenvalue weighted by atomic mass is 19.1. The predicted molar refractivity (Wildman–Crippen MR) is 74.8 cm³/mol. The van der Waals surface area contributed by atoms with Gasteiger partial charge in [0, 0.05) is 5.69 Å². The highest BCUT2D eigenvalue weighted by Gasteiger charge is 2.24. The second-order valence-electron chi connectivity index (χ2n) is 5.13. The van der Waals surface area contributed by atoms with E-state index in [1.54, 1.807) is 12.1 Å². The maximum absolute atomic E-state index is 13.7. The fraction of sp³-hybridized carbons (Fsp3) is 0.312. The minimum absolute atomic E-state index is 0.0828. The van der Waals surface area contributed by atoms with Gasteiger partial charge in [-0.05, 0) is 56.0 Å². The van der Waals surface area contributed by atoms with Gasteiger partial charge in [-0.3, -0.25) is 4.98 Å². The van der Waals surface area contributed by atoms with Crippen molar-refractivity contribution in [2.24, 2.45) is 0 Å². The number of nitrogens with one attached hydrogen (secondary N) is 1. The number of hydrogen-bond acceptors (Lipinski definition) is 2. The lowest BCUT2D eigenvalue weighted by Crippen LogP contribution is -2.09. The average molecular weight is 256 g/mol. The first-order valence-electron chi connectivity index (χ1n) is 6.63. The molecule has 0 saturated carbocycles. The minimum atomic E-state index is -0.0828. The zero-order chi connectivity index (χ0) is 13.4. The normalized spacial score (nSPS) is 17.3. The summed E-state index contributed by atoms with van der Waals surface area (Å²) in [6.07, 6.45) is 1.74. The maximum Gasteiger partial charge on any atom is 0.126 e. The quantitative estimate of drug-likeness (QED) is 0.880. The number of pyridine rings is 1. The van der Waals surface area contributed by atoms with Gasteiger partial charge >= 0.3 is 0 Å². The molecule has 0 bridgehead atoms. The molecule has 1 aliphatic rings. The van der Waals surface area contributed by atoms with Crippen LogP contribution < -0.4 is 5.32 Å². The van der Waals surface area contributed by atoms with E-state index in [1.165, 1.54) is 0 Å². The van der Waals surface area contributed by atoms with E-state index in [0.717, 1.165) is 41.0 Å².